The van der Waals surface area contributed by atoms with Crippen molar-refractivity contribution in [1.29, 1.82) is 0 Å². The SMILES string of the molecule is CC1(C)CCC(C)(C)c2cc3c(cc21)c1c2ccccc2ccc1n3-c1cccc2c(-c3nc(-c4ccccc4)nc(-c4ccc5ccccc5c4)n3)cccc12. The molecule has 0 saturated carbocycles. The molecule has 0 unspecified atom stereocenters. The fourth-order valence-corrected chi connectivity index (χ4v) is 9.46. The van der Waals surface area contributed by atoms with Crippen LogP contribution in [0.15, 0.2) is 158 Å². The molecule has 4 heteroatoms. The second-order valence-electron chi connectivity index (χ2n) is 17.1. The van der Waals surface area contributed by atoms with Gasteiger partial charge in [0, 0.05) is 32.8 Å². The van der Waals surface area contributed by atoms with Crippen LogP contribution in [-0.4, -0.2) is 19.5 Å². The average Bonchev–Trinajstić information content (AvgIpc) is 3.58. The highest BCUT2D eigenvalue weighted by molar-refractivity contribution is 6.22. The molecule has 8 aromatic carbocycles. The van der Waals surface area contributed by atoms with Crippen molar-refractivity contribution < 1.29 is 0 Å². The second kappa shape index (κ2) is 12.4. The summed E-state index contributed by atoms with van der Waals surface area (Å²) in [5.74, 6) is 1.96. The summed E-state index contributed by atoms with van der Waals surface area (Å²) in [4.78, 5) is 15.5. The van der Waals surface area contributed by atoms with Gasteiger partial charge in [-0.15, -0.1) is 0 Å². The largest absolute Gasteiger partial charge is 0.309 e. The lowest BCUT2D eigenvalue weighted by Crippen LogP contribution is -2.33. The summed E-state index contributed by atoms with van der Waals surface area (Å²) in [5.41, 5.74) is 9.60. The molecule has 0 spiro atoms. The summed E-state index contributed by atoms with van der Waals surface area (Å²) in [6.07, 6.45) is 2.34. The molecule has 2 aromatic heterocycles. The molecular formula is C53H42N4. The summed E-state index contributed by atoms with van der Waals surface area (Å²) < 4.78 is 2.52. The van der Waals surface area contributed by atoms with Gasteiger partial charge in [-0.1, -0.05) is 155 Å². The van der Waals surface area contributed by atoms with E-state index in [2.05, 4.69) is 172 Å². The van der Waals surface area contributed by atoms with Crippen molar-refractivity contribution in [2.24, 2.45) is 0 Å². The minimum absolute atomic E-state index is 0.0756. The van der Waals surface area contributed by atoms with Gasteiger partial charge in [0.1, 0.15) is 0 Å². The third-order valence-corrected chi connectivity index (χ3v) is 12.7. The maximum absolute atomic E-state index is 5.23. The summed E-state index contributed by atoms with van der Waals surface area (Å²) in [6.45, 7) is 9.69. The smallest absolute Gasteiger partial charge is 0.164 e. The molecule has 57 heavy (non-hydrogen) atoms. The number of hydrogen-bond donors (Lipinski definition) is 0. The van der Waals surface area contributed by atoms with Crippen LogP contribution >= 0.6 is 0 Å². The first kappa shape index (κ1) is 33.7. The zero-order chi connectivity index (χ0) is 38.5. The van der Waals surface area contributed by atoms with E-state index in [1.54, 1.807) is 0 Å². The Morgan fingerprint density at radius 3 is 1.84 bits per heavy atom. The first-order chi connectivity index (χ1) is 27.7. The number of benzene rings is 8. The molecule has 11 rings (SSSR count). The summed E-state index contributed by atoms with van der Waals surface area (Å²) in [7, 11) is 0. The zero-order valence-electron chi connectivity index (χ0n) is 32.7. The average molecular weight is 735 g/mol. The van der Waals surface area contributed by atoms with Gasteiger partial charge in [0.2, 0.25) is 0 Å². The fraction of sp³-hybridized carbons (Fsp3) is 0.151. The standard InChI is InChI=1S/C53H42N4/c1-52(2)28-29-53(3,4)44-32-47-42(31-43(44)52)48-38-19-11-10-15-34(38)26-27-46(48)57(47)45-23-13-20-39-40(45)21-12-22-41(39)51-55-49(35-16-6-5-7-17-35)54-50(56-51)37-25-24-33-14-8-9-18-36(33)30-37/h5-27,30-32H,28-29H2,1-4H3. The Hall–Kier alpha value is -6.65. The van der Waals surface area contributed by atoms with Crippen LogP contribution in [0.25, 0.3) is 94.0 Å². The minimum Gasteiger partial charge on any atom is -0.309 e. The highest BCUT2D eigenvalue weighted by Crippen LogP contribution is 2.49. The fourth-order valence-electron chi connectivity index (χ4n) is 9.46. The van der Waals surface area contributed by atoms with E-state index in [1.807, 2.05) is 18.2 Å². The van der Waals surface area contributed by atoms with Crippen LogP contribution in [-0.2, 0) is 10.8 Å². The monoisotopic (exact) mass is 734 g/mol. The lowest BCUT2D eigenvalue weighted by atomic mass is 9.63. The van der Waals surface area contributed by atoms with Gasteiger partial charge in [-0.3, -0.25) is 0 Å². The quantitative estimate of drug-likeness (QED) is 0.181. The van der Waals surface area contributed by atoms with Crippen molar-refractivity contribution in [3.8, 4) is 39.9 Å². The van der Waals surface area contributed by atoms with E-state index < -0.39 is 0 Å². The van der Waals surface area contributed by atoms with Crippen LogP contribution < -0.4 is 0 Å². The number of hydrogen-bond acceptors (Lipinski definition) is 3. The zero-order valence-corrected chi connectivity index (χ0v) is 32.7. The maximum Gasteiger partial charge on any atom is 0.164 e. The number of rotatable bonds is 4. The number of aromatic nitrogens is 4. The Kier molecular flexibility index (Phi) is 7.34. The van der Waals surface area contributed by atoms with E-state index in [9.17, 15) is 0 Å². The molecule has 0 N–H and O–H groups in total. The molecule has 2 heterocycles. The van der Waals surface area contributed by atoms with Gasteiger partial charge in [-0.25, -0.2) is 15.0 Å². The van der Waals surface area contributed by atoms with Crippen LogP contribution in [0.3, 0.4) is 0 Å². The third-order valence-electron chi connectivity index (χ3n) is 12.7. The Bertz CT molecular complexity index is 3240. The Labute approximate surface area is 332 Å². The van der Waals surface area contributed by atoms with Crippen molar-refractivity contribution in [3.05, 3.63) is 169 Å². The first-order valence-corrected chi connectivity index (χ1v) is 20.1. The predicted molar refractivity (Wildman–Crippen MR) is 238 cm³/mol. The molecule has 274 valence electrons. The maximum atomic E-state index is 5.23. The van der Waals surface area contributed by atoms with Gasteiger partial charge in [-0.2, -0.15) is 0 Å². The van der Waals surface area contributed by atoms with Gasteiger partial charge < -0.3 is 4.57 Å². The molecule has 0 radical (unpaired) electrons. The molecule has 0 fully saturated rings. The highest BCUT2D eigenvalue weighted by atomic mass is 15.0. The van der Waals surface area contributed by atoms with Gasteiger partial charge in [0.25, 0.3) is 0 Å². The van der Waals surface area contributed by atoms with E-state index in [-0.39, 0.29) is 10.8 Å². The number of fused-ring (bicyclic) bond motifs is 8. The minimum atomic E-state index is 0.0756. The summed E-state index contributed by atoms with van der Waals surface area (Å²) in [6, 6.07) is 56.8. The van der Waals surface area contributed by atoms with Crippen LogP contribution in [0.5, 0.6) is 0 Å². The highest BCUT2D eigenvalue weighted by Gasteiger charge is 2.38. The summed E-state index contributed by atoms with van der Waals surface area (Å²) in [5, 5.41) is 9.74. The lowest BCUT2D eigenvalue weighted by molar-refractivity contribution is 0.332. The Morgan fingerprint density at radius 1 is 0.421 bits per heavy atom. The van der Waals surface area contributed by atoms with Crippen LogP contribution in [0.1, 0.15) is 51.7 Å². The van der Waals surface area contributed by atoms with Crippen molar-refractivity contribution in [3.63, 3.8) is 0 Å². The molecule has 0 amide bonds. The summed E-state index contributed by atoms with van der Waals surface area (Å²) >= 11 is 0. The first-order valence-electron chi connectivity index (χ1n) is 20.1. The van der Waals surface area contributed by atoms with Crippen molar-refractivity contribution in [2.75, 3.05) is 0 Å². The third kappa shape index (κ3) is 5.31. The van der Waals surface area contributed by atoms with Crippen molar-refractivity contribution in [2.45, 2.75) is 51.4 Å². The second-order valence-corrected chi connectivity index (χ2v) is 17.1. The van der Waals surface area contributed by atoms with Gasteiger partial charge in [0.05, 0.1) is 16.7 Å². The molecule has 4 nitrogen and oxygen atoms in total. The topological polar surface area (TPSA) is 43.6 Å². The molecular weight excluding hydrogens is 693 g/mol. The molecule has 1 aliphatic rings. The van der Waals surface area contributed by atoms with Crippen LogP contribution in [0, 0.1) is 0 Å². The van der Waals surface area contributed by atoms with Crippen LogP contribution in [0.2, 0.25) is 0 Å². The predicted octanol–water partition coefficient (Wildman–Crippen LogP) is 13.8. The van der Waals surface area contributed by atoms with E-state index in [0.717, 1.165) is 45.0 Å². The number of nitrogens with zero attached hydrogens (tertiary/aromatic N) is 4. The normalized spacial score (nSPS) is 14.8. The molecule has 1 aliphatic carbocycles. The van der Waals surface area contributed by atoms with Crippen molar-refractivity contribution in [1.82, 2.24) is 19.5 Å². The van der Waals surface area contributed by atoms with Crippen molar-refractivity contribution >= 4 is 54.1 Å². The van der Waals surface area contributed by atoms with Gasteiger partial charge in [-0.05, 0) is 92.1 Å². The molecule has 0 atom stereocenters. The molecule has 0 aliphatic heterocycles. The Morgan fingerprint density at radius 2 is 1.04 bits per heavy atom. The Balaban J connectivity index is 1.18. The molecule has 0 saturated heterocycles. The lowest BCUT2D eigenvalue weighted by Gasteiger charge is -2.42. The van der Waals surface area contributed by atoms with Gasteiger partial charge >= 0.3 is 0 Å². The molecule has 10 aromatic rings. The van der Waals surface area contributed by atoms with Crippen LogP contribution in [0.4, 0.5) is 0 Å². The van der Waals surface area contributed by atoms with E-state index in [1.165, 1.54) is 55.5 Å². The van der Waals surface area contributed by atoms with E-state index in [4.69, 9.17) is 15.0 Å². The van der Waals surface area contributed by atoms with Gasteiger partial charge in [0.15, 0.2) is 17.5 Å². The molecule has 0 bridgehead atoms. The van der Waals surface area contributed by atoms with E-state index in [0.29, 0.717) is 17.5 Å². The van der Waals surface area contributed by atoms with E-state index >= 15 is 0 Å².